The largest absolute Gasteiger partial charge is 0.493 e. The Balaban J connectivity index is 2.10. The average Bonchev–Trinajstić information content (AvgIpc) is 3.01. The highest BCUT2D eigenvalue weighted by Crippen LogP contribution is 2.30. The van der Waals surface area contributed by atoms with E-state index in [1.165, 1.54) is 5.56 Å². The molecular formula is C15H21N3O2. The summed E-state index contributed by atoms with van der Waals surface area (Å²) in [5.41, 5.74) is 2.26. The van der Waals surface area contributed by atoms with Crippen molar-refractivity contribution in [3.05, 3.63) is 42.0 Å². The monoisotopic (exact) mass is 275 g/mol. The predicted molar refractivity (Wildman–Crippen MR) is 78.0 cm³/mol. The van der Waals surface area contributed by atoms with E-state index in [1.807, 2.05) is 18.3 Å². The van der Waals surface area contributed by atoms with E-state index in [1.54, 1.807) is 20.5 Å². The molecule has 5 heteroatoms. The Labute approximate surface area is 119 Å². The molecule has 0 saturated carbocycles. The second-order valence-electron chi connectivity index (χ2n) is 4.53. The molecule has 0 radical (unpaired) electrons. The number of hydrogen-bond donors (Lipinski definition) is 2. The van der Waals surface area contributed by atoms with Gasteiger partial charge in [0.15, 0.2) is 11.5 Å². The van der Waals surface area contributed by atoms with Crippen LogP contribution >= 0.6 is 0 Å². The number of ether oxygens (including phenoxy) is 2. The van der Waals surface area contributed by atoms with Crippen molar-refractivity contribution >= 4 is 0 Å². The zero-order valence-corrected chi connectivity index (χ0v) is 12.1. The number of H-pyrrole nitrogens is 1. The lowest BCUT2D eigenvalue weighted by Gasteiger charge is -2.18. The van der Waals surface area contributed by atoms with Crippen LogP contribution in [0, 0.1) is 0 Å². The van der Waals surface area contributed by atoms with Crippen molar-refractivity contribution < 1.29 is 9.47 Å². The number of hydrogen-bond acceptors (Lipinski definition) is 4. The molecule has 2 rings (SSSR count). The van der Waals surface area contributed by atoms with E-state index in [0.29, 0.717) is 0 Å². The van der Waals surface area contributed by atoms with Crippen LogP contribution in [0.1, 0.15) is 30.6 Å². The number of nitrogens with one attached hydrogen (secondary N) is 2. The summed E-state index contributed by atoms with van der Waals surface area (Å²) in [4.78, 5) is 7.11. The first-order valence-corrected chi connectivity index (χ1v) is 6.71. The SMILES string of the molecule is CCC(NCc1cnc[nH]1)c1ccc(OC)c(OC)c1. The van der Waals surface area contributed by atoms with Gasteiger partial charge in [-0.05, 0) is 24.1 Å². The van der Waals surface area contributed by atoms with Gasteiger partial charge in [-0.25, -0.2) is 4.98 Å². The maximum absolute atomic E-state index is 5.35. The number of aromatic amines is 1. The Bertz CT molecular complexity index is 526. The van der Waals surface area contributed by atoms with Crippen LogP contribution in [0.5, 0.6) is 11.5 Å². The Hall–Kier alpha value is -2.01. The first-order chi connectivity index (χ1) is 9.78. The van der Waals surface area contributed by atoms with Crippen molar-refractivity contribution in [2.45, 2.75) is 25.9 Å². The van der Waals surface area contributed by atoms with Crippen molar-refractivity contribution in [3.63, 3.8) is 0 Å². The minimum Gasteiger partial charge on any atom is -0.493 e. The van der Waals surface area contributed by atoms with Crippen molar-refractivity contribution in [2.75, 3.05) is 14.2 Å². The summed E-state index contributed by atoms with van der Waals surface area (Å²) in [7, 11) is 3.30. The molecule has 108 valence electrons. The van der Waals surface area contributed by atoms with E-state index < -0.39 is 0 Å². The quantitative estimate of drug-likeness (QED) is 0.815. The fourth-order valence-corrected chi connectivity index (χ4v) is 2.18. The number of rotatable bonds is 7. The summed E-state index contributed by atoms with van der Waals surface area (Å²) >= 11 is 0. The fraction of sp³-hybridized carbons (Fsp3) is 0.400. The summed E-state index contributed by atoms with van der Waals surface area (Å²) in [6.07, 6.45) is 4.51. The zero-order valence-electron chi connectivity index (χ0n) is 12.1. The number of aromatic nitrogens is 2. The van der Waals surface area contributed by atoms with E-state index in [0.717, 1.165) is 30.2 Å². The molecule has 5 nitrogen and oxygen atoms in total. The van der Waals surface area contributed by atoms with Crippen LogP contribution in [0.3, 0.4) is 0 Å². The van der Waals surface area contributed by atoms with Gasteiger partial charge in [0.25, 0.3) is 0 Å². The number of imidazole rings is 1. The summed E-state index contributed by atoms with van der Waals surface area (Å²) in [6, 6.07) is 6.29. The molecule has 20 heavy (non-hydrogen) atoms. The summed E-state index contributed by atoms with van der Waals surface area (Å²) in [5.74, 6) is 1.51. The fourth-order valence-electron chi connectivity index (χ4n) is 2.18. The zero-order chi connectivity index (χ0) is 14.4. The third-order valence-electron chi connectivity index (χ3n) is 3.31. The highest BCUT2D eigenvalue weighted by atomic mass is 16.5. The second kappa shape index (κ2) is 6.96. The number of benzene rings is 1. The molecule has 0 aliphatic carbocycles. The molecule has 2 aromatic rings. The summed E-state index contributed by atoms with van der Waals surface area (Å²) < 4.78 is 10.6. The molecule has 0 amide bonds. The number of nitrogens with zero attached hydrogens (tertiary/aromatic N) is 1. The Morgan fingerprint density at radius 2 is 2.05 bits per heavy atom. The van der Waals surface area contributed by atoms with Crippen molar-refractivity contribution in [3.8, 4) is 11.5 Å². The lowest BCUT2D eigenvalue weighted by atomic mass is 10.0. The van der Waals surface area contributed by atoms with E-state index >= 15 is 0 Å². The van der Waals surface area contributed by atoms with Gasteiger partial charge in [-0.15, -0.1) is 0 Å². The van der Waals surface area contributed by atoms with Crippen LogP contribution in [0.2, 0.25) is 0 Å². The smallest absolute Gasteiger partial charge is 0.161 e. The van der Waals surface area contributed by atoms with E-state index in [4.69, 9.17) is 9.47 Å². The first-order valence-electron chi connectivity index (χ1n) is 6.71. The molecular weight excluding hydrogens is 254 g/mol. The summed E-state index contributed by atoms with van der Waals surface area (Å²) in [6.45, 7) is 2.91. The van der Waals surface area contributed by atoms with Gasteiger partial charge in [-0.1, -0.05) is 13.0 Å². The molecule has 1 atom stereocenters. The number of methoxy groups -OCH3 is 2. The van der Waals surface area contributed by atoms with Crippen LogP contribution in [-0.2, 0) is 6.54 Å². The van der Waals surface area contributed by atoms with Crippen LogP contribution in [0.25, 0.3) is 0 Å². The van der Waals surface area contributed by atoms with Gasteiger partial charge in [0, 0.05) is 24.5 Å². The van der Waals surface area contributed by atoms with Crippen molar-refractivity contribution in [1.29, 1.82) is 0 Å². The van der Waals surface area contributed by atoms with Gasteiger partial charge in [0.2, 0.25) is 0 Å². The third-order valence-corrected chi connectivity index (χ3v) is 3.31. The van der Waals surface area contributed by atoms with Crippen LogP contribution in [0.4, 0.5) is 0 Å². The predicted octanol–water partition coefficient (Wildman–Crippen LogP) is 2.67. The van der Waals surface area contributed by atoms with Crippen LogP contribution in [-0.4, -0.2) is 24.2 Å². The molecule has 0 aliphatic rings. The average molecular weight is 275 g/mol. The highest BCUT2D eigenvalue weighted by Gasteiger charge is 2.12. The highest BCUT2D eigenvalue weighted by molar-refractivity contribution is 5.43. The Morgan fingerprint density at radius 3 is 2.65 bits per heavy atom. The van der Waals surface area contributed by atoms with Gasteiger partial charge < -0.3 is 19.8 Å². The van der Waals surface area contributed by atoms with Crippen LogP contribution in [0.15, 0.2) is 30.7 Å². The molecule has 0 fully saturated rings. The molecule has 1 aromatic heterocycles. The van der Waals surface area contributed by atoms with Gasteiger partial charge >= 0.3 is 0 Å². The Kier molecular flexibility index (Phi) is 5.01. The third kappa shape index (κ3) is 3.30. The van der Waals surface area contributed by atoms with Crippen LogP contribution < -0.4 is 14.8 Å². The van der Waals surface area contributed by atoms with E-state index in [2.05, 4.69) is 28.3 Å². The Morgan fingerprint density at radius 1 is 1.25 bits per heavy atom. The first kappa shape index (κ1) is 14.4. The van der Waals surface area contributed by atoms with Crippen molar-refractivity contribution in [2.24, 2.45) is 0 Å². The van der Waals surface area contributed by atoms with Gasteiger partial charge in [0.05, 0.1) is 20.5 Å². The van der Waals surface area contributed by atoms with Gasteiger partial charge in [0.1, 0.15) is 0 Å². The molecule has 0 bridgehead atoms. The second-order valence-corrected chi connectivity index (χ2v) is 4.53. The van der Waals surface area contributed by atoms with E-state index in [9.17, 15) is 0 Å². The molecule has 0 saturated heterocycles. The molecule has 1 unspecified atom stereocenters. The van der Waals surface area contributed by atoms with Gasteiger partial charge in [-0.2, -0.15) is 0 Å². The minimum absolute atomic E-state index is 0.262. The summed E-state index contributed by atoms with van der Waals surface area (Å²) in [5, 5.41) is 3.51. The minimum atomic E-state index is 0.262. The standard InChI is InChI=1S/C15H21N3O2/c1-4-13(17-9-12-8-16-10-18-12)11-5-6-14(19-2)15(7-11)20-3/h5-8,10,13,17H,4,9H2,1-3H3,(H,16,18). The van der Waals surface area contributed by atoms with Gasteiger partial charge in [-0.3, -0.25) is 0 Å². The molecule has 1 aromatic carbocycles. The lowest BCUT2D eigenvalue weighted by molar-refractivity contribution is 0.353. The maximum Gasteiger partial charge on any atom is 0.161 e. The molecule has 2 N–H and O–H groups in total. The topological polar surface area (TPSA) is 59.2 Å². The maximum atomic E-state index is 5.35. The van der Waals surface area contributed by atoms with Crippen molar-refractivity contribution in [1.82, 2.24) is 15.3 Å². The molecule has 0 aliphatic heterocycles. The molecule has 0 spiro atoms. The lowest BCUT2D eigenvalue weighted by Crippen LogP contribution is -2.20. The normalized spacial score (nSPS) is 12.2. The molecule has 1 heterocycles. The van der Waals surface area contributed by atoms with E-state index in [-0.39, 0.29) is 6.04 Å².